The van der Waals surface area contributed by atoms with E-state index in [2.05, 4.69) is 34.6 Å². The van der Waals surface area contributed by atoms with Gasteiger partial charge in [-0.1, -0.05) is 24.3 Å². The topological polar surface area (TPSA) is 51.2 Å². The van der Waals surface area contributed by atoms with Gasteiger partial charge in [0.25, 0.3) is 0 Å². The summed E-state index contributed by atoms with van der Waals surface area (Å²) in [7, 11) is 0. The third-order valence-electron chi connectivity index (χ3n) is 4.28. The van der Waals surface area contributed by atoms with E-state index in [1.165, 1.54) is 18.4 Å². The van der Waals surface area contributed by atoms with Gasteiger partial charge in [0.1, 0.15) is 5.75 Å². The molecule has 24 heavy (non-hydrogen) atoms. The van der Waals surface area contributed by atoms with Crippen LogP contribution in [0.4, 0.5) is 0 Å². The zero-order valence-corrected chi connectivity index (χ0v) is 14.3. The molecule has 0 spiro atoms. The van der Waals surface area contributed by atoms with E-state index < -0.39 is 0 Å². The maximum Gasteiger partial charge on any atom is 0.224 e. The molecule has 4 heteroatoms. The Morgan fingerprint density at radius 1 is 1.25 bits per heavy atom. The first-order chi connectivity index (χ1) is 11.7. The third kappa shape index (κ3) is 4.34. The number of amides is 1. The molecular weight excluding hydrogens is 300 g/mol. The second-order valence-corrected chi connectivity index (χ2v) is 6.33. The molecule has 0 saturated heterocycles. The fourth-order valence-electron chi connectivity index (χ4n) is 2.78. The molecule has 126 valence electrons. The van der Waals surface area contributed by atoms with Crippen molar-refractivity contribution in [3.05, 3.63) is 59.4 Å². The molecule has 1 aromatic carbocycles. The lowest BCUT2D eigenvalue weighted by molar-refractivity contribution is -0.121. The number of carbonyl (C=O) groups is 1. The van der Waals surface area contributed by atoms with E-state index in [0.29, 0.717) is 13.0 Å². The van der Waals surface area contributed by atoms with Gasteiger partial charge in [-0.2, -0.15) is 0 Å². The summed E-state index contributed by atoms with van der Waals surface area (Å²) in [5, 5.41) is 3.00. The van der Waals surface area contributed by atoms with E-state index in [1.807, 2.05) is 26.0 Å². The quantitative estimate of drug-likeness (QED) is 0.843. The van der Waals surface area contributed by atoms with Crippen LogP contribution in [0.25, 0.3) is 0 Å². The van der Waals surface area contributed by atoms with Crippen LogP contribution in [0.3, 0.4) is 0 Å². The molecule has 1 amide bonds. The van der Waals surface area contributed by atoms with Gasteiger partial charge in [0.05, 0.1) is 31.0 Å². The van der Waals surface area contributed by atoms with Crippen LogP contribution in [0.5, 0.6) is 5.75 Å². The van der Waals surface area contributed by atoms with Gasteiger partial charge in [0.2, 0.25) is 5.91 Å². The minimum Gasteiger partial charge on any atom is -0.492 e. The highest BCUT2D eigenvalue weighted by Crippen LogP contribution is 2.39. The number of ether oxygens (including phenoxy) is 1. The highest BCUT2D eigenvalue weighted by Gasteiger charge is 2.23. The van der Waals surface area contributed by atoms with Crippen molar-refractivity contribution < 1.29 is 9.53 Å². The number of pyridine rings is 1. The summed E-state index contributed by atoms with van der Waals surface area (Å²) in [5.74, 6) is 1.51. The molecule has 0 radical (unpaired) electrons. The molecule has 0 aliphatic heterocycles. The van der Waals surface area contributed by atoms with Gasteiger partial charge in [-0.3, -0.25) is 9.78 Å². The summed E-state index contributed by atoms with van der Waals surface area (Å²) >= 11 is 0. The van der Waals surface area contributed by atoms with Crippen molar-refractivity contribution >= 4 is 5.91 Å². The van der Waals surface area contributed by atoms with Gasteiger partial charge in [0.15, 0.2) is 0 Å². The van der Waals surface area contributed by atoms with Crippen molar-refractivity contribution in [2.75, 3.05) is 6.61 Å². The van der Waals surface area contributed by atoms with Crippen molar-refractivity contribution in [2.45, 2.75) is 45.1 Å². The SMILES string of the molecule is CCOc1ccc([C@@H](C)NC(=O)Cc2ccc(C3CC3)cc2)nc1. The number of hydrogen-bond acceptors (Lipinski definition) is 3. The first-order valence-electron chi connectivity index (χ1n) is 8.62. The van der Waals surface area contributed by atoms with Crippen molar-refractivity contribution in [3.8, 4) is 5.75 Å². The molecule has 1 aliphatic carbocycles. The first-order valence-corrected chi connectivity index (χ1v) is 8.62. The number of carbonyl (C=O) groups excluding carboxylic acids is 1. The van der Waals surface area contributed by atoms with Crippen molar-refractivity contribution in [3.63, 3.8) is 0 Å². The Hall–Kier alpha value is -2.36. The summed E-state index contributed by atoms with van der Waals surface area (Å²) in [5.41, 5.74) is 3.27. The molecule has 3 rings (SSSR count). The second-order valence-electron chi connectivity index (χ2n) is 6.33. The predicted octanol–water partition coefficient (Wildman–Crippen LogP) is 3.78. The average Bonchev–Trinajstić information content (AvgIpc) is 3.41. The average molecular weight is 324 g/mol. The largest absolute Gasteiger partial charge is 0.492 e. The fraction of sp³-hybridized carbons (Fsp3) is 0.400. The molecular formula is C20H24N2O2. The number of aromatic nitrogens is 1. The molecule has 0 unspecified atom stereocenters. The van der Waals surface area contributed by atoms with Gasteiger partial charge in [0, 0.05) is 0 Å². The summed E-state index contributed by atoms with van der Waals surface area (Å²) in [6.45, 7) is 4.50. The molecule has 1 N–H and O–H groups in total. The van der Waals surface area contributed by atoms with Crippen LogP contribution >= 0.6 is 0 Å². The number of benzene rings is 1. The molecule has 1 atom stereocenters. The summed E-state index contributed by atoms with van der Waals surface area (Å²) in [4.78, 5) is 16.6. The standard InChI is InChI=1S/C20H24N2O2/c1-3-24-18-10-11-19(21-13-18)14(2)22-20(23)12-15-4-6-16(7-5-15)17-8-9-17/h4-7,10-11,13-14,17H,3,8-9,12H2,1-2H3,(H,22,23)/t14-/m1/s1. The molecule has 2 aromatic rings. The van der Waals surface area contributed by atoms with Gasteiger partial charge < -0.3 is 10.1 Å². The maximum absolute atomic E-state index is 12.2. The van der Waals surface area contributed by atoms with Crippen molar-refractivity contribution in [2.24, 2.45) is 0 Å². The van der Waals surface area contributed by atoms with Crippen LogP contribution in [-0.4, -0.2) is 17.5 Å². The van der Waals surface area contributed by atoms with Crippen LogP contribution in [0, 0.1) is 0 Å². The third-order valence-corrected chi connectivity index (χ3v) is 4.28. The lowest BCUT2D eigenvalue weighted by atomic mass is 10.1. The van der Waals surface area contributed by atoms with E-state index in [9.17, 15) is 4.79 Å². The fourth-order valence-corrected chi connectivity index (χ4v) is 2.78. The second kappa shape index (κ2) is 7.47. The van der Waals surface area contributed by atoms with Crippen LogP contribution in [0.1, 0.15) is 55.5 Å². The van der Waals surface area contributed by atoms with Gasteiger partial charge in [-0.05, 0) is 55.9 Å². The monoisotopic (exact) mass is 324 g/mol. The smallest absolute Gasteiger partial charge is 0.224 e. The van der Waals surface area contributed by atoms with Gasteiger partial charge in [-0.25, -0.2) is 0 Å². The Balaban J connectivity index is 1.53. The predicted molar refractivity (Wildman–Crippen MR) is 94.1 cm³/mol. The van der Waals surface area contributed by atoms with Crippen LogP contribution < -0.4 is 10.1 Å². The zero-order valence-electron chi connectivity index (χ0n) is 14.3. The lowest BCUT2D eigenvalue weighted by Crippen LogP contribution is -2.28. The molecule has 0 bridgehead atoms. The lowest BCUT2D eigenvalue weighted by Gasteiger charge is -2.14. The van der Waals surface area contributed by atoms with Gasteiger partial charge >= 0.3 is 0 Å². The molecule has 1 heterocycles. The van der Waals surface area contributed by atoms with Crippen LogP contribution in [0.15, 0.2) is 42.6 Å². The minimum absolute atomic E-state index is 0.0114. The van der Waals surface area contributed by atoms with E-state index in [1.54, 1.807) is 6.20 Å². The van der Waals surface area contributed by atoms with Crippen molar-refractivity contribution in [1.82, 2.24) is 10.3 Å². The van der Waals surface area contributed by atoms with E-state index in [0.717, 1.165) is 22.9 Å². The van der Waals surface area contributed by atoms with E-state index in [4.69, 9.17) is 4.74 Å². The van der Waals surface area contributed by atoms with Crippen LogP contribution in [0.2, 0.25) is 0 Å². The summed E-state index contributed by atoms with van der Waals surface area (Å²) < 4.78 is 5.38. The molecule has 4 nitrogen and oxygen atoms in total. The zero-order chi connectivity index (χ0) is 16.9. The Morgan fingerprint density at radius 2 is 2.00 bits per heavy atom. The summed E-state index contributed by atoms with van der Waals surface area (Å²) in [6, 6.07) is 12.1. The first kappa shape index (κ1) is 16.5. The Kier molecular flexibility index (Phi) is 5.14. The van der Waals surface area contributed by atoms with E-state index in [-0.39, 0.29) is 11.9 Å². The van der Waals surface area contributed by atoms with Gasteiger partial charge in [-0.15, -0.1) is 0 Å². The molecule has 1 saturated carbocycles. The number of rotatable bonds is 7. The maximum atomic E-state index is 12.2. The Labute approximate surface area is 143 Å². The normalized spacial score (nSPS) is 14.9. The number of nitrogens with one attached hydrogen (secondary N) is 1. The minimum atomic E-state index is -0.126. The summed E-state index contributed by atoms with van der Waals surface area (Å²) in [6.07, 6.45) is 4.68. The highest BCUT2D eigenvalue weighted by molar-refractivity contribution is 5.78. The number of nitrogens with zero attached hydrogens (tertiary/aromatic N) is 1. The molecule has 1 aliphatic rings. The Morgan fingerprint density at radius 3 is 2.58 bits per heavy atom. The van der Waals surface area contributed by atoms with Crippen molar-refractivity contribution in [1.29, 1.82) is 0 Å². The Bertz CT molecular complexity index is 676. The highest BCUT2D eigenvalue weighted by atomic mass is 16.5. The molecule has 1 aromatic heterocycles. The molecule has 1 fully saturated rings. The van der Waals surface area contributed by atoms with E-state index >= 15 is 0 Å². The number of hydrogen-bond donors (Lipinski definition) is 1. The van der Waals surface area contributed by atoms with Crippen LogP contribution in [-0.2, 0) is 11.2 Å².